The van der Waals surface area contributed by atoms with Crippen LogP contribution in [0.2, 0.25) is 0 Å². The van der Waals surface area contributed by atoms with E-state index in [0.717, 1.165) is 31.6 Å². The van der Waals surface area contributed by atoms with Crippen LogP contribution in [0.4, 0.5) is 11.4 Å². The Morgan fingerprint density at radius 1 is 1.08 bits per heavy atom. The highest BCUT2D eigenvalue weighted by Gasteiger charge is 2.14. The van der Waals surface area contributed by atoms with Gasteiger partial charge in [0.05, 0.1) is 11.9 Å². The van der Waals surface area contributed by atoms with Gasteiger partial charge in [-0.05, 0) is 37.1 Å². The molecule has 0 bridgehead atoms. The minimum absolute atomic E-state index is 0.245. The van der Waals surface area contributed by atoms with E-state index in [2.05, 4.69) is 29.0 Å². The molecule has 6 nitrogen and oxygen atoms in total. The topological polar surface area (TPSA) is 63.7 Å². The predicted octanol–water partition coefficient (Wildman–Crippen LogP) is 3.73. The number of fused-ring (bicyclic) bond motifs is 1. The van der Waals surface area contributed by atoms with Crippen LogP contribution in [-0.2, 0) is 0 Å². The monoisotopic (exact) mass is 355 g/mol. The number of pyridine rings is 1. The molecule has 1 amide bonds. The van der Waals surface area contributed by atoms with Crippen LogP contribution in [0.1, 0.15) is 37.2 Å². The van der Waals surface area contributed by atoms with Gasteiger partial charge in [0.25, 0.3) is 5.91 Å². The molecule has 26 heavy (non-hydrogen) atoms. The molecule has 0 saturated carbocycles. The van der Waals surface area contributed by atoms with E-state index in [1.807, 2.05) is 6.07 Å². The maximum atomic E-state index is 12.5. The molecule has 6 heteroatoms. The molecule has 0 saturated heterocycles. The number of carbonyl (C=O) groups is 1. The van der Waals surface area contributed by atoms with Crippen molar-refractivity contribution in [3.05, 3.63) is 42.2 Å². The summed E-state index contributed by atoms with van der Waals surface area (Å²) < 4.78 is 11.0. The predicted molar refractivity (Wildman–Crippen MR) is 102 cm³/mol. The molecule has 0 spiro atoms. The van der Waals surface area contributed by atoms with Crippen molar-refractivity contribution >= 4 is 17.3 Å². The van der Waals surface area contributed by atoms with Crippen LogP contribution in [-0.4, -0.2) is 37.2 Å². The number of anilines is 2. The second-order valence-electron chi connectivity index (χ2n) is 6.20. The Labute approximate surface area is 154 Å². The molecule has 0 unspecified atom stereocenters. The van der Waals surface area contributed by atoms with Crippen LogP contribution < -0.4 is 19.7 Å². The Bertz CT molecular complexity index is 740. The third-order valence-corrected chi connectivity index (χ3v) is 4.13. The second-order valence-corrected chi connectivity index (χ2v) is 6.20. The van der Waals surface area contributed by atoms with Gasteiger partial charge in [-0.1, -0.05) is 13.8 Å². The number of rotatable bonds is 7. The average Bonchev–Trinajstić information content (AvgIpc) is 2.68. The first-order chi connectivity index (χ1) is 12.7. The first kappa shape index (κ1) is 18.0. The summed E-state index contributed by atoms with van der Waals surface area (Å²) >= 11 is 0. The van der Waals surface area contributed by atoms with Crippen LogP contribution in [0.15, 0.2) is 36.5 Å². The Morgan fingerprint density at radius 2 is 1.81 bits per heavy atom. The standard InChI is InChI=1S/C20H25N3O3/c1-3-9-23(10-4-2)16-6-7-17(21-14-16)20(24)22-15-5-8-18-19(13-15)26-12-11-25-18/h5-8,13-14H,3-4,9-12H2,1-2H3,(H,22,24). The lowest BCUT2D eigenvalue weighted by Gasteiger charge is -2.23. The maximum absolute atomic E-state index is 12.5. The van der Waals surface area contributed by atoms with Crippen molar-refractivity contribution in [2.24, 2.45) is 0 Å². The normalized spacial score (nSPS) is 12.5. The number of hydrogen-bond donors (Lipinski definition) is 1. The van der Waals surface area contributed by atoms with Crippen molar-refractivity contribution in [1.29, 1.82) is 0 Å². The smallest absolute Gasteiger partial charge is 0.274 e. The van der Waals surface area contributed by atoms with Crippen molar-refractivity contribution in [3.63, 3.8) is 0 Å². The number of hydrogen-bond acceptors (Lipinski definition) is 5. The molecule has 1 aliphatic rings. The fourth-order valence-corrected chi connectivity index (χ4v) is 2.93. The molecule has 0 fully saturated rings. The van der Waals surface area contributed by atoms with E-state index < -0.39 is 0 Å². The number of carbonyl (C=O) groups excluding carboxylic acids is 1. The van der Waals surface area contributed by atoms with Gasteiger partial charge in [-0.25, -0.2) is 4.98 Å². The molecule has 2 heterocycles. The van der Waals surface area contributed by atoms with Gasteiger partial charge in [-0.15, -0.1) is 0 Å². The fraction of sp³-hybridized carbons (Fsp3) is 0.400. The Balaban J connectivity index is 1.68. The summed E-state index contributed by atoms with van der Waals surface area (Å²) in [5, 5.41) is 2.86. The molecule has 1 N–H and O–H groups in total. The van der Waals surface area contributed by atoms with Gasteiger partial charge >= 0.3 is 0 Å². The first-order valence-electron chi connectivity index (χ1n) is 9.13. The molecule has 0 aliphatic carbocycles. The lowest BCUT2D eigenvalue weighted by atomic mass is 10.2. The molecule has 1 aliphatic heterocycles. The Kier molecular flexibility index (Phi) is 5.94. The molecule has 1 aromatic heterocycles. The number of nitrogens with zero attached hydrogens (tertiary/aromatic N) is 2. The van der Waals surface area contributed by atoms with Crippen LogP contribution in [0.3, 0.4) is 0 Å². The van der Waals surface area contributed by atoms with E-state index in [4.69, 9.17) is 9.47 Å². The van der Waals surface area contributed by atoms with E-state index in [9.17, 15) is 4.79 Å². The minimum atomic E-state index is -0.245. The third kappa shape index (κ3) is 4.25. The summed E-state index contributed by atoms with van der Waals surface area (Å²) in [6.07, 6.45) is 3.92. The second kappa shape index (κ2) is 8.56. The lowest BCUT2D eigenvalue weighted by molar-refractivity contribution is 0.102. The quantitative estimate of drug-likeness (QED) is 0.820. The van der Waals surface area contributed by atoms with Gasteiger partial charge in [0, 0.05) is 24.8 Å². The highest BCUT2D eigenvalue weighted by Crippen LogP contribution is 2.32. The third-order valence-electron chi connectivity index (χ3n) is 4.13. The van der Waals surface area contributed by atoms with Gasteiger partial charge in [-0.2, -0.15) is 0 Å². The van der Waals surface area contributed by atoms with E-state index in [-0.39, 0.29) is 5.91 Å². The van der Waals surface area contributed by atoms with Gasteiger partial charge in [0.2, 0.25) is 0 Å². The Morgan fingerprint density at radius 3 is 2.46 bits per heavy atom. The van der Waals surface area contributed by atoms with Crippen molar-refractivity contribution < 1.29 is 14.3 Å². The summed E-state index contributed by atoms with van der Waals surface area (Å²) in [5.74, 6) is 1.10. The number of aromatic nitrogens is 1. The number of benzene rings is 1. The van der Waals surface area contributed by atoms with Crippen LogP contribution >= 0.6 is 0 Å². The highest BCUT2D eigenvalue weighted by atomic mass is 16.6. The molecule has 0 radical (unpaired) electrons. The lowest BCUT2D eigenvalue weighted by Crippen LogP contribution is -2.25. The van der Waals surface area contributed by atoms with Crippen molar-refractivity contribution in [2.45, 2.75) is 26.7 Å². The van der Waals surface area contributed by atoms with E-state index >= 15 is 0 Å². The molecular weight excluding hydrogens is 330 g/mol. The van der Waals surface area contributed by atoms with E-state index in [0.29, 0.717) is 36.1 Å². The van der Waals surface area contributed by atoms with Gasteiger partial charge < -0.3 is 19.7 Å². The summed E-state index contributed by atoms with van der Waals surface area (Å²) in [6.45, 7) is 7.34. The van der Waals surface area contributed by atoms with Crippen molar-refractivity contribution in [2.75, 3.05) is 36.5 Å². The van der Waals surface area contributed by atoms with E-state index in [1.54, 1.807) is 30.5 Å². The Hall–Kier alpha value is -2.76. The SMILES string of the molecule is CCCN(CCC)c1ccc(C(=O)Nc2ccc3c(c2)OCCO3)nc1. The zero-order valence-electron chi connectivity index (χ0n) is 15.3. The molecule has 3 rings (SSSR count). The largest absolute Gasteiger partial charge is 0.486 e. The summed E-state index contributed by atoms with van der Waals surface area (Å²) in [4.78, 5) is 19.1. The molecule has 0 atom stereocenters. The average molecular weight is 355 g/mol. The minimum Gasteiger partial charge on any atom is -0.486 e. The van der Waals surface area contributed by atoms with Crippen LogP contribution in [0.5, 0.6) is 11.5 Å². The van der Waals surface area contributed by atoms with Gasteiger partial charge in [0.1, 0.15) is 18.9 Å². The van der Waals surface area contributed by atoms with Crippen molar-refractivity contribution in [1.82, 2.24) is 4.98 Å². The fourth-order valence-electron chi connectivity index (χ4n) is 2.93. The zero-order chi connectivity index (χ0) is 18.4. The van der Waals surface area contributed by atoms with E-state index in [1.165, 1.54) is 0 Å². The van der Waals surface area contributed by atoms with Gasteiger partial charge in [0.15, 0.2) is 11.5 Å². The van der Waals surface area contributed by atoms with Crippen LogP contribution in [0.25, 0.3) is 0 Å². The summed E-state index contributed by atoms with van der Waals surface area (Å²) in [7, 11) is 0. The molecule has 138 valence electrons. The first-order valence-corrected chi connectivity index (χ1v) is 9.13. The molecule has 2 aromatic rings. The van der Waals surface area contributed by atoms with Gasteiger partial charge in [-0.3, -0.25) is 4.79 Å². The highest BCUT2D eigenvalue weighted by molar-refractivity contribution is 6.03. The maximum Gasteiger partial charge on any atom is 0.274 e. The number of amides is 1. The number of nitrogens with one attached hydrogen (secondary N) is 1. The van der Waals surface area contributed by atoms with Crippen molar-refractivity contribution in [3.8, 4) is 11.5 Å². The zero-order valence-corrected chi connectivity index (χ0v) is 15.3. The summed E-state index contributed by atoms with van der Waals surface area (Å²) in [6, 6.07) is 9.08. The molecule has 1 aromatic carbocycles. The van der Waals surface area contributed by atoms with Crippen LogP contribution in [0, 0.1) is 0 Å². The summed E-state index contributed by atoms with van der Waals surface area (Å²) in [5.41, 5.74) is 2.09. The molecular formula is C20H25N3O3. The number of ether oxygens (including phenoxy) is 2.